The van der Waals surface area contributed by atoms with E-state index in [2.05, 4.69) is 73.2 Å². The van der Waals surface area contributed by atoms with Crippen molar-refractivity contribution in [1.29, 1.82) is 0 Å². The quantitative estimate of drug-likeness (QED) is 0.849. The van der Waals surface area contributed by atoms with E-state index in [0.29, 0.717) is 5.95 Å². The molecule has 0 saturated carbocycles. The van der Waals surface area contributed by atoms with Crippen LogP contribution >= 0.6 is 0 Å². The predicted octanol–water partition coefficient (Wildman–Crippen LogP) is 5.06. The van der Waals surface area contributed by atoms with Gasteiger partial charge in [0.1, 0.15) is 5.82 Å². The minimum Gasteiger partial charge on any atom is -0.356 e. The summed E-state index contributed by atoms with van der Waals surface area (Å²) in [6, 6.07) is 10.5. The number of benzene rings is 1. The van der Waals surface area contributed by atoms with Crippen LogP contribution in [0.15, 0.2) is 30.3 Å². The highest BCUT2D eigenvalue weighted by atomic mass is 15.2. The highest BCUT2D eigenvalue weighted by Crippen LogP contribution is 2.31. The zero-order chi connectivity index (χ0) is 18.0. The van der Waals surface area contributed by atoms with Crippen molar-refractivity contribution >= 4 is 17.5 Å². The van der Waals surface area contributed by atoms with E-state index in [1.165, 1.54) is 18.4 Å². The van der Waals surface area contributed by atoms with Gasteiger partial charge in [-0.05, 0) is 42.7 Å². The van der Waals surface area contributed by atoms with Gasteiger partial charge in [0.05, 0.1) is 0 Å². The fraction of sp³-hybridized carbons (Fsp3) is 0.524. The number of aromatic nitrogens is 2. The van der Waals surface area contributed by atoms with Gasteiger partial charge in [-0.1, -0.05) is 45.9 Å². The minimum absolute atomic E-state index is 0.0680. The van der Waals surface area contributed by atoms with Crippen molar-refractivity contribution in [3.05, 3.63) is 41.6 Å². The Balaban J connectivity index is 1.89. The normalized spacial score (nSPS) is 18.3. The van der Waals surface area contributed by atoms with E-state index in [4.69, 9.17) is 4.98 Å². The molecule has 2 heterocycles. The molecule has 1 aromatic heterocycles. The van der Waals surface area contributed by atoms with E-state index in [0.717, 1.165) is 36.2 Å². The first-order chi connectivity index (χ1) is 11.8. The molecule has 1 aliphatic rings. The number of piperidine rings is 1. The summed E-state index contributed by atoms with van der Waals surface area (Å²) >= 11 is 0. The highest BCUT2D eigenvalue weighted by molar-refractivity contribution is 5.61. The lowest BCUT2D eigenvalue weighted by atomic mass is 9.86. The van der Waals surface area contributed by atoms with E-state index < -0.39 is 0 Å². The second-order valence-corrected chi connectivity index (χ2v) is 8.31. The largest absolute Gasteiger partial charge is 0.356 e. The van der Waals surface area contributed by atoms with Crippen LogP contribution in [0.4, 0.5) is 17.5 Å². The molecule has 1 fully saturated rings. The second kappa shape index (κ2) is 7.03. The summed E-state index contributed by atoms with van der Waals surface area (Å²) in [6.45, 7) is 13.2. The monoisotopic (exact) mass is 338 g/mol. The van der Waals surface area contributed by atoms with Gasteiger partial charge in [0.15, 0.2) is 0 Å². The number of anilines is 3. The van der Waals surface area contributed by atoms with Crippen molar-refractivity contribution < 1.29 is 0 Å². The van der Waals surface area contributed by atoms with Crippen LogP contribution in [0, 0.1) is 12.8 Å². The summed E-state index contributed by atoms with van der Waals surface area (Å²) in [4.78, 5) is 11.8. The molecular formula is C21H30N4. The Morgan fingerprint density at radius 3 is 2.64 bits per heavy atom. The molecule has 0 bridgehead atoms. The Hall–Kier alpha value is -2.10. The van der Waals surface area contributed by atoms with Gasteiger partial charge in [0, 0.05) is 30.5 Å². The number of nitrogens with one attached hydrogen (secondary N) is 1. The molecule has 1 unspecified atom stereocenters. The molecule has 25 heavy (non-hydrogen) atoms. The van der Waals surface area contributed by atoms with Gasteiger partial charge in [-0.25, -0.2) is 4.98 Å². The maximum absolute atomic E-state index is 4.81. The third-order valence-corrected chi connectivity index (χ3v) is 4.80. The van der Waals surface area contributed by atoms with Crippen molar-refractivity contribution in [2.75, 3.05) is 23.3 Å². The fourth-order valence-electron chi connectivity index (χ4n) is 3.53. The van der Waals surface area contributed by atoms with Gasteiger partial charge in [0.25, 0.3) is 0 Å². The van der Waals surface area contributed by atoms with E-state index >= 15 is 0 Å². The molecule has 1 saturated heterocycles. The van der Waals surface area contributed by atoms with Crippen LogP contribution in [0.5, 0.6) is 0 Å². The lowest BCUT2D eigenvalue weighted by Gasteiger charge is -2.32. The number of rotatable bonds is 3. The number of aryl methyl sites for hydroxylation is 1. The molecule has 4 heteroatoms. The van der Waals surface area contributed by atoms with Crippen LogP contribution < -0.4 is 10.2 Å². The maximum Gasteiger partial charge on any atom is 0.229 e. The molecule has 3 rings (SSSR count). The van der Waals surface area contributed by atoms with E-state index in [9.17, 15) is 0 Å². The summed E-state index contributed by atoms with van der Waals surface area (Å²) in [6.07, 6.45) is 2.55. The first-order valence-corrected chi connectivity index (χ1v) is 9.30. The van der Waals surface area contributed by atoms with Gasteiger partial charge < -0.3 is 10.2 Å². The van der Waals surface area contributed by atoms with Crippen LogP contribution in [0.3, 0.4) is 0 Å². The molecule has 0 aliphatic carbocycles. The molecular weight excluding hydrogens is 308 g/mol. The molecule has 4 nitrogen and oxygen atoms in total. The SMILES string of the molecule is Cc1cc(N2CCCC(C)C2)nc(Nc2ccccc2C(C)(C)C)n1. The van der Waals surface area contributed by atoms with Gasteiger partial charge >= 0.3 is 0 Å². The van der Waals surface area contributed by atoms with Crippen molar-refractivity contribution in [3.8, 4) is 0 Å². The van der Waals surface area contributed by atoms with Crippen LogP contribution in [0.2, 0.25) is 0 Å². The molecule has 0 radical (unpaired) electrons. The minimum atomic E-state index is 0.0680. The Kier molecular flexibility index (Phi) is 4.98. The summed E-state index contributed by atoms with van der Waals surface area (Å²) in [5.41, 5.74) is 3.42. The lowest BCUT2D eigenvalue weighted by Crippen LogP contribution is -2.35. The van der Waals surface area contributed by atoms with Crippen LogP contribution in [0.25, 0.3) is 0 Å². The Morgan fingerprint density at radius 1 is 1.16 bits per heavy atom. The van der Waals surface area contributed by atoms with Crippen LogP contribution in [0.1, 0.15) is 51.8 Å². The smallest absolute Gasteiger partial charge is 0.229 e. The molecule has 1 N–H and O–H groups in total. The fourth-order valence-corrected chi connectivity index (χ4v) is 3.53. The summed E-state index contributed by atoms with van der Waals surface area (Å²) in [7, 11) is 0. The molecule has 1 aliphatic heterocycles. The maximum atomic E-state index is 4.81. The zero-order valence-corrected chi connectivity index (χ0v) is 16.1. The predicted molar refractivity (Wildman–Crippen MR) is 106 cm³/mol. The Labute approximate surface area is 151 Å². The summed E-state index contributed by atoms with van der Waals surface area (Å²) in [5.74, 6) is 2.45. The molecule has 2 aromatic rings. The Morgan fingerprint density at radius 2 is 1.92 bits per heavy atom. The molecule has 0 amide bonds. The van der Waals surface area contributed by atoms with E-state index in [1.807, 2.05) is 6.92 Å². The molecule has 1 atom stereocenters. The van der Waals surface area contributed by atoms with Gasteiger partial charge in [0.2, 0.25) is 5.95 Å². The first-order valence-electron chi connectivity index (χ1n) is 9.30. The summed E-state index contributed by atoms with van der Waals surface area (Å²) in [5, 5.41) is 3.46. The average Bonchev–Trinajstić information content (AvgIpc) is 2.54. The zero-order valence-electron chi connectivity index (χ0n) is 16.1. The number of hydrogen-bond acceptors (Lipinski definition) is 4. The lowest BCUT2D eigenvalue weighted by molar-refractivity contribution is 0.444. The van der Waals surface area contributed by atoms with E-state index in [-0.39, 0.29) is 5.41 Å². The van der Waals surface area contributed by atoms with E-state index in [1.54, 1.807) is 0 Å². The first kappa shape index (κ1) is 17.7. The Bertz CT molecular complexity index is 733. The van der Waals surface area contributed by atoms with Crippen molar-refractivity contribution in [2.24, 2.45) is 5.92 Å². The van der Waals surface area contributed by atoms with Crippen molar-refractivity contribution in [3.63, 3.8) is 0 Å². The standard InChI is InChI=1S/C21H30N4/c1-15-9-8-12-25(14-15)19-13-16(2)22-20(24-19)23-18-11-7-6-10-17(18)21(3,4)5/h6-7,10-11,13,15H,8-9,12,14H2,1-5H3,(H,22,23,24). The second-order valence-electron chi connectivity index (χ2n) is 8.31. The molecule has 134 valence electrons. The van der Waals surface area contributed by atoms with Gasteiger partial charge in [-0.3, -0.25) is 0 Å². The number of hydrogen-bond donors (Lipinski definition) is 1. The summed E-state index contributed by atoms with van der Waals surface area (Å²) < 4.78 is 0. The highest BCUT2D eigenvalue weighted by Gasteiger charge is 2.20. The third-order valence-electron chi connectivity index (χ3n) is 4.80. The van der Waals surface area contributed by atoms with Gasteiger partial charge in [-0.2, -0.15) is 4.98 Å². The topological polar surface area (TPSA) is 41.1 Å². The van der Waals surface area contributed by atoms with Crippen molar-refractivity contribution in [1.82, 2.24) is 9.97 Å². The van der Waals surface area contributed by atoms with Gasteiger partial charge in [-0.15, -0.1) is 0 Å². The van der Waals surface area contributed by atoms with Crippen molar-refractivity contribution in [2.45, 2.75) is 52.9 Å². The van der Waals surface area contributed by atoms with Crippen LogP contribution in [-0.2, 0) is 5.41 Å². The molecule has 0 spiro atoms. The third kappa shape index (κ3) is 4.30. The number of para-hydroxylation sites is 1. The number of nitrogens with zero attached hydrogens (tertiary/aromatic N) is 3. The molecule has 1 aromatic carbocycles. The van der Waals surface area contributed by atoms with Crippen LogP contribution in [-0.4, -0.2) is 23.1 Å². The average molecular weight is 338 g/mol.